The van der Waals surface area contributed by atoms with Crippen LogP contribution in [0.5, 0.6) is 0 Å². The largest absolute Gasteiger partial charge is 0.385 e. The molecule has 2 unspecified atom stereocenters. The first-order chi connectivity index (χ1) is 11.6. The fourth-order valence-electron chi connectivity index (χ4n) is 4.60. The van der Waals surface area contributed by atoms with Crippen molar-refractivity contribution < 1.29 is 9.50 Å². The summed E-state index contributed by atoms with van der Waals surface area (Å²) < 4.78 is 13.3. The van der Waals surface area contributed by atoms with Crippen molar-refractivity contribution in [1.29, 1.82) is 0 Å². The van der Waals surface area contributed by atoms with Crippen LogP contribution in [0.25, 0.3) is 0 Å². The lowest BCUT2D eigenvalue weighted by Crippen LogP contribution is -2.29. The molecule has 126 valence electrons. The van der Waals surface area contributed by atoms with Gasteiger partial charge in [0, 0.05) is 19.6 Å². The van der Waals surface area contributed by atoms with Crippen molar-refractivity contribution in [3.63, 3.8) is 0 Å². The summed E-state index contributed by atoms with van der Waals surface area (Å²) in [5.74, 6) is 0.990. The third-order valence-electron chi connectivity index (χ3n) is 5.77. The first-order valence-corrected chi connectivity index (χ1v) is 8.87. The molecule has 1 heterocycles. The maximum atomic E-state index is 13.3. The van der Waals surface area contributed by atoms with E-state index in [0.717, 1.165) is 50.0 Å². The van der Waals surface area contributed by atoms with Crippen LogP contribution in [-0.4, -0.2) is 29.6 Å². The Labute approximate surface area is 142 Å². The number of hydrogen-bond acceptors (Lipinski definition) is 2. The third-order valence-corrected chi connectivity index (χ3v) is 5.77. The summed E-state index contributed by atoms with van der Waals surface area (Å²) in [4.78, 5) is 2.48. The van der Waals surface area contributed by atoms with Crippen molar-refractivity contribution in [1.82, 2.24) is 4.90 Å². The SMILES string of the molecule is OC1(c2ccccc2)CC2CN(CCc3cccc(F)c3)CC2C1. The molecule has 4 rings (SSSR count). The van der Waals surface area contributed by atoms with E-state index >= 15 is 0 Å². The average Bonchev–Trinajstić information content (AvgIpc) is 3.09. The molecule has 1 aliphatic carbocycles. The van der Waals surface area contributed by atoms with Crippen LogP contribution in [0.3, 0.4) is 0 Å². The predicted molar refractivity (Wildman–Crippen MR) is 93.1 cm³/mol. The summed E-state index contributed by atoms with van der Waals surface area (Å²) in [5, 5.41) is 11.0. The van der Waals surface area contributed by atoms with Crippen molar-refractivity contribution in [3.05, 3.63) is 71.5 Å². The summed E-state index contributed by atoms with van der Waals surface area (Å²) in [6.07, 6.45) is 2.61. The van der Waals surface area contributed by atoms with Gasteiger partial charge >= 0.3 is 0 Å². The molecule has 2 atom stereocenters. The first kappa shape index (κ1) is 15.8. The lowest BCUT2D eigenvalue weighted by Gasteiger charge is -2.26. The molecular weight excluding hydrogens is 301 g/mol. The minimum Gasteiger partial charge on any atom is -0.385 e. The van der Waals surface area contributed by atoms with Gasteiger partial charge in [0.05, 0.1) is 5.60 Å². The van der Waals surface area contributed by atoms with Gasteiger partial charge < -0.3 is 10.0 Å². The van der Waals surface area contributed by atoms with E-state index in [0.29, 0.717) is 11.8 Å². The zero-order chi connectivity index (χ0) is 16.6. The number of aliphatic hydroxyl groups is 1. The van der Waals surface area contributed by atoms with Crippen LogP contribution in [0.4, 0.5) is 4.39 Å². The van der Waals surface area contributed by atoms with E-state index in [1.165, 1.54) is 6.07 Å². The van der Waals surface area contributed by atoms with Crippen molar-refractivity contribution in [2.24, 2.45) is 11.8 Å². The summed E-state index contributed by atoms with van der Waals surface area (Å²) in [7, 11) is 0. The van der Waals surface area contributed by atoms with Gasteiger partial charge in [-0.3, -0.25) is 0 Å². The Morgan fingerprint density at radius 2 is 1.71 bits per heavy atom. The summed E-state index contributed by atoms with van der Waals surface area (Å²) in [5.41, 5.74) is 1.48. The van der Waals surface area contributed by atoms with E-state index in [1.54, 1.807) is 12.1 Å². The Hall–Kier alpha value is -1.71. The Kier molecular flexibility index (Phi) is 4.15. The molecule has 1 N–H and O–H groups in total. The highest BCUT2D eigenvalue weighted by Gasteiger charge is 2.48. The van der Waals surface area contributed by atoms with Gasteiger partial charge in [-0.1, -0.05) is 42.5 Å². The molecule has 1 aliphatic heterocycles. The third kappa shape index (κ3) is 3.11. The van der Waals surface area contributed by atoms with Gasteiger partial charge in [0.15, 0.2) is 0 Å². The Bertz CT molecular complexity index is 688. The minimum atomic E-state index is -0.648. The normalized spacial score (nSPS) is 29.8. The zero-order valence-electron chi connectivity index (χ0n) is 13.9. The Balaban J connectivity index is 1.35. The van der Waals surface area contributed by atoms with E-state index < -0.39 is 5.60 Å². The van der Waals surface area contributed by atoms with Crippen LogP contribution in [0.15, 0.2) is 54.6 Å². The van der Waals surface area contributed by atoms with Crippen LogP contribution in [0.2, 0.25) is 0 Å². The lowest BCUT2D eigenvalue weighted by molar-refractivity contribution is 0.0314. The standard InChI is InChI=1S/C21H24FNO/c22-20-8-4-5-16(11-20)9-10-23-14-17-12-21(24,13-18(17)15-23)19-6-2-1-3-7-19/h1-8,11,17-18,24H,9-10,12-15H2. The van der Waals surface area contributed by atoms with E-state index in [4.69, 9.17) is 0 Å². The van der Waals surface area contributed by atoms with Crippen LogP contribution in [0, 0.1) is 17.7 Å². The molecule has 0 aromatic heterocycles. The topological polar surface area (TPSA) is 23.5 Å². The van der Waals surface area contributed by atoms with E-state index in [-0.39, 0.29) is 5.82 Å². The number of fused-ring (bicyclic) bond motifs is 1. The van der Waals surface area contributed by atoms with Crippen molar-refractivity contribution in [2.45, 2.75) is 24.9 Å². The number of halogens is 1. The molecule has 0 amide bonds. The summed E-state index contributed by atoms with van der Waals surface area (Å²) in [6, 6.07) is 17.0. The maximum absolute atomic E-state index is 13.3. The summed E-state index contributed by atoms with van der Waals surface area (Å²) >= 11 is 0. The Morgan fingerprint density at radius 1 is 1.00 bits per heavy atom. The monoisotopic (exact) mass is 325 g/mol. The molecule has 2 aromatic carbocycles. The van der Waals surface area contributed by atoms with Gasteiger partial charge in [0.25, 0.3) is 0 Å². The average molecular weight is 325 g/mol. The molecule has 2 aromatic rings. The number of rotatable bonds is 4. The van der Waals surface area contributed by atoms with E-state index in [2.05, 4.69) is 4.90 Å². The van der Waals surface area contributed by atoms with Gasteiger partial charge in [-0.25, -0.2) is 4.39 Å². The van der Waals surface area contributed by atoms with Crippen LogP contribution < -0.4 is 0 Å². The fraction of sp³-hybridized carbons (Fsp3) is 0.429. The summed E-state index contributed by atoms with van der Waals surface area (Å²) in [6.45, 7) is 3.07. The van der Waals surface area contributed by atoms with Gasteiger partial charge in [-0.15, -0.1) is 0 Å². The second kappa shape index (κ2) is 6.30. The highest BCUT2D eigenvalue weighted by Crippen LogP contribution is 2.48. The molecular formula is C21H24FNO. The number of benzene rings is 2. The first-order valence-electron chi connectivity index (χ1n) is 8.87. The molecule has 2 nitrogen and oxygen atoms in total. The number of hydrogen-bond donors (Lipinski definition) is 1. The second-order valence-electron chi connectivity index (χ2n) is 7.47. The lowest BCUT2D eigenvalue weighted by atomic mass is 9.90. The quantitative estimate of drug-likeness (QED) is 0.928. The zero-order valence-corrected chi connectivity index (χ0v) is 13.9. The van der Waals surface area contributed by atoms with Crippen molar-refractivity contribution >= 4 is 0 Å². The van der Waals surface area contributed by atoms with Gasteiger partial charge in [0.1, 0.15) is 5.82 Å². The molecule has 24 heavy (non-hydrogen) atoms. The molecule has 3 heteroatoms. The molecule has 2 fully saturated rings. The highest BCUT2D eigenvalue weighted by molar-refractivity contribution is 5.25. The number of likely N-dealkylation sites (tertiary alicyclic amines) is 1. The Morgan fingerprint density at radius 3 is 2.38 bits per heavy atom. The fourth-order valence-corrected chi connectivity index (χ4v) is 4.60. The molecule has 0 spiro atoms. The van der Waals surface area contributed by atoms with Gasteiger partial charge in [-0.2, -0.15) is 0 Å². The van der Waals surface area contributed by atoms with Crippen LogP contribution >= 0.6 is 0 Å². The number of nitrogens with zero attached hydrogens (tertiary/aromatic N) is 1. The van der Waals surface area contributed by atoms with E-state index in [9.17, 15) is 9.50 Å². The van der Waals surface area contributed by atoms with Crippen molar-refractivity contribution in [3.8, 4) is 0 Å². The molecule has 0 radical (unpaired) electrons. The minimum absolute atomic E-state index is 0.154. The predicted octanol–water partition coefficient (Wildman–Crippen LogP) is 3.60. The van der Waals surface area contributed by atoms with Crippen LogP contribution in [0.1, 0.15) is 24.0 Å². The smallest absolute Gasteiger partial charge is 0.123 e. The van der Waals surface area contributed by atoms with Gasteiger partial charge in [0.2, 0.25) is 0 Å². The van der Waals surface area contributed by atoms with Crippen molar-refractivity contribution in [2.75, 3.05) is 19.6 Å². The second-order valence-corrected chi connectivity index (χ2v) is 7.47. The van der Waals surface area contributed by atoms with E-state index in [1.807, 2.05) is 36.4 Å². The molecule has 1 saturated carbocycles. The van der Waals surface area contributed by atoms with Gasteiger partial charge in [-0.05, 0) is 54.4 Å². The molecule has 0 bridgehead atoms. The highest BCUT2D eigenvalue weighted by atomic mass is 19.1. The van der Waals surface area contributed by atoms with Crippen LogP contribution in [-0.2, 0) is 12.0 Å². The molecule has 1 saturated heterocycles. The maximum Gasteiger partial charge on any atom is 0.123 e. The molecule has 2 aliphatic rings.